The highest BCUT2D eigenvalue weighted by atomic mass is 35.5. The average Bonchev–Trinajstić information content (AvgIpc) is 3.21. The van der Waals surface area contributed by atoms with Crippen LogP contribution in [0.2, 0.25) is 5.02 Å². The molecule has 34 heavy (non-hydrogen) atoms. The molecule has 1 amide bonds. The maximum atomic E-state index is 13.6. The maximum absolute atomic E-state index is 13.6. The van der Waals surface area contributed by atoms with Crippen LogP contribution in [0, 0.1) is 27.7 Å². The van der Waals surface area contributed by atoms with Crippen LogP contribution in [0.25, 0.3) is 11.8 Å². The number of amides is 1. The van der Waals surface area contributed by atoms with Gasteiger partial charge in [-0.2, -0.15) is 0 Å². The molecular weight excluding hydrogens is 448 g/mol. The lowest BCUT2D eigenvalue weighted by Gasteiger charge is -2.18. The Hall–Kier alpha value is -3.57. The van der Waals surface area contributed by atoms with Gasteiger partial charge < -0.3 is 9.30 Å². The van der Waals surface area contributed by atoms with E-state index in [4.69, 9.17) is 16.3 Å². The first-order chi connectivity index (χ1) is 16.1. The highest BCUT2D eigenvalue weighted by Gasteiger charge is 2.38. The van der Waals surface area contributed by atoms with Crippen molar-refractivity contribution in [3.63, 3.8) is 0 Å². The molecule has 0 unspecified atom stereocenters. The lowest BCUT2D eigenvalue weighted by atomic mass is 10.0. The standard InChI is InChI=1S/C28H27ClN2O3/c1-16-8-7-9-22(12-16)30-18(3)13-21(19(30)4)14-24-26(28(33)34-6)20(5)31(27(24)32)23-11-10-17(2)25(29)15-23/h7-15H,1-6H3/b24-14-. The Morgan fingerprint density at radius 1 is 0.971 bits per heavy atom. The summed E-state index contributed by atoms with van der Waals surface area (Å²) in [4.78, 5) is 27.9. The zero-order valence-corrected chi connectivity index (χ0v) is 20.9. The Bertz CT molecular complexity index is 1390. The van der Waals surface area contributed by atoms with Crippen LogP contribution in [0.5, 0.6) is 0 Å². The number of benzene rings is 2. The van der Waals surface area contributed by atoms with Crippen LogP contribution in [0.3, 0.4) is 0 Å². The number of carbonyl (C=O) groups is 2. The second-order valence-corrected chi connectivity index (χ2v) is 8.99. The normalized spacial score (nSPS) is 15.0. The van der Waals surface area contributed by atoms with Gasteiger partial charge in [0.1, 0.15) is 0 Å². The number of hydrogen-bond acceptors (Lipinski definition) is 3. The van der Waals surface area contributed by atoms with Gasteiger partial charge in [-0.15, -0.1) is 0 Å². The minimum Gasteiger partial charge on any atom is -0.465 e. The fourth-order valence-corrected chi connectivity index (χ4v) is 4.64. The van der Waals surface area contributed by atoms with E-state index in [-0.39, 0.29) is 11.5 Å². The summed E-state index contributed by atoms with van der Waals surface area (Å²) >= 11 is 6.33. The van der Waals surface area contributed by atoms with E-state index in [1.165, 1.54) is 12.0 Å². The summed E-state index contributed by atoms with van der Waals surface area (Å²) in [6.07, 6.45) is 1.78. The summed E-state index contributed by atoms with van der Waals surface area (Å²) in [6, 6.07) is 15.7. The van der Waals surface area contributed by atoms with Gasteiger partial charge in [0, 0.05) is 27.8 Å². The average molecular weight is 475 g/mol. The van der Waals surface area contributed by atoms with E-state index in [0.717, 1.165) is 33.8 Å². The van der Waals surface area contributed by atoms with Gasteiger partial charge in [-0.1, -0.05) is 29.8 Å². The summed E-state index contributed by atoms with van der Waals surface area (Å²) in [5, 5.41) is 0.553. The first kappa shape index (κ1) is 23.6. The van der Waals surface area contributed by atoms with Crippen molar-refractivity contribution >= 4 is 35.2 Å². The summed E-state index contributed by atoms with van der Waals surface area (Å²) in [7, 11) is 1.32. The number of allylic oxidation sites excluding steroid dienone is 1. The Kier molecular flexibility index (Phi) is 6.24. The second kappa shape index (κ2) is 8.99. The minimum absolute atomic E-state index is 0.254. The molecule has 2 heterocycles. The molecule has 6 heteroatoms. The highest BCUT2D eigenvalue weighted by molar-refractivity contribution is 6.32. The molecule has 0 bridgehead atoms. The molecule has 1 aliphatic rings. The Balaban J connectivity index is 1.86. The number of halogens is 1. The monoisotopic (exact) mass is 474 g/mol. The number of anilines is 1. The van der Waals surface area contributed by atoms with E-state index in [9.17, 15) is 9.59 Å². The zero-order valence-electron chi connectivity index (χ0n) is 20.2. The van der Waals surface area contributed by atoms with Crippen LogP contribution >= 0.6 is 11.6 Å². The molecule has 174 valence electrons. The van der Waals surface area contributed by atoms with Crippen molar-refractivity contribution in [2.45, 2.75) is 34.6 Å². The van der Waals surface area contributed by atoms with Crippen LogP contribution in [-0.2, 0) is 14.3 Å². The molecule has 4 rings (SSSR count). The van der Waals surface area contributed by atoms with Crippen molar-refractivity contribution < 1.29 is 14.3 Å². The number of nitrogens with zero attached hydrogens (tertiary/aromatic N) is 2. The fourth-order valence-electron chi connectivity index (χ4n) is 4.47. The van der Waals surface area contributed by atoms with Crippen molar-refractivity contribution in [3.05, 3.63) is 98.5 Å². The Morgan fingerprint density at radius 3 is 2.35 bits per heavy atom. The third-order valence-electron chi connectivity index (χ3n) is 6.23. The van der Waals surface area contributed by atoms with Crippen molar-refractivity contribution in [3.8, 4) is 5.69 Å². The van der Waals surface area contributed by atoms with Crippen molar-refractivity contribution in [1.82, 2.24) is 4.57 Å². The van der Waals surface area contributed by atoms with Gasteiger partial charge in [-0.3, -0.25) is 9.69 Å². The lowest BCUT2D eigenvalue weighted by Crippen LogP contribution is -2.24. The van der Waals surface area contributed by atoms with E-state index in [1.54, 1.807) is 19.1 Å². The van der Waals surface area contributed by atoms with Gasteiger partial charge >= 0.3 is 5.97 Å². The molecule has 0 aliphatic carbocycles. The summed E-state index contributed by atoms with van der Waals surface area (Å²) in [5.41, 5.74) is 7.65. The van der Waals surface area contributed by atoms with Crippen LogP contribution in [0.15, 0.2) is 65.4 Å². The molecule has 0 saturated heterocycles. The van der Waals surface area contributed by atoms with Crippen molar-refractivity contribution in [2.75, 3.05) is 12.0 Å². The number of esters is 1. The third-order valence-corrected chi connectivity index (χ3v) is 6.64. The van der Waals surface area contributed by atoms with Crippen LogP contribution in [0.1, 0.15) is 35.0 Å². The fraction of sp³-hybridized carbons (Fsp3) is 0.214. The SMILES string of the molecule is COC(=O)C1=C(C)N(c2ccc(C)c(Cl)c2)C(=O)/C1=C\c1cc(C)n(-c2cccc(C)c2)c1C. The van der Waals surface area contributed by atoms with E-state index < -0.39 is 5.97 Å². The lowest BCUT2D eigenvalue weighted by molar-refractivity contribution is -0.136. The number of rotatable bonds is 4. The number of hydrogen-bond donors (Lipinski definition) is 0. The van der Waals surface area contributed by atoms with E-state index in [2.05, 4.69) is 29.7 Å². The van der Waals surface area contributed by atoms with Gasteiger partial charge in [0.25, 0.3) is 5.91 Å². The van der Waals surface area contributed by atoms with Crippen LogP contribution < -0.4 is 4.90 Å². The number of carbonyl (C=O) groups excluding carboxylic acids is 2. The molecule has 0 spiro atoms. The van der Waals surface area contributed by atoms with Gasteiger partial charge in [0.05, 0.1) is 23.9 Å². The number of aryl methyl sites for hydroxylation is 3. The van der Waals surface area contributed by atoms with Gasteiger partial charge in [-0.05, 0) is 87.7 Å². The molecule has 0 fully saturated rings. The van der Waals surface area contributed by atoms with Crippen LogP contribution in [0.4, 0.5) is 5.69 Å². The van der Waals surface area contributed by atoms with Gasteiger partial charge in [0.15, 0.2) is 0 Å². The van der Waals surface area contributed by atoms with E-state index in [1.807, 2.05) is 45.0 Å². The van der Waals surface area contributed by atoms with Crippen LogP contribution in [-0.4, -0.2) is 23.6 Å². The Labute approximate surface area is 204 Å². The summed E-state index contributed by atoms with van der Waals surface area (Å²) in [6.45, 7) is 9.73. The summed E-state index contributed by atoms with van der Waals surface area (Å²) < 4.78 is 7.19. The molecule has 5 nitrogen and oxygen atoms in total. The third kappa shape index (κ3) is 3.97. The van der Waals surface area contributed by atoms with E-state index >= 15 is 0 Å². The molecule has 0 N–H and O–H groups in total. The quantitative estimate of drug-likeness (QED) is 0.332. The first-order valence-corrected chi connectivity index (χ1v) is 11.4. The predicted molar refractivity (Wildman–Crippen MR) is 136 cm³/mol. The molecule has 2 aromatic carbocycles. The molecule has 3 aromatic rings. The molecule has 0 atom stereocenters. The minimum atomic E-state index is -0.551. The molecular formula is C28H27ClN2O3. The largest absolute Gasteiger partial charge is 0.465 e. The first-order valence-electron chi connectivity index (χ1n) is 11.0. The Morgan fingerprint density at radius 2 is 1.71 bits per heavy atom. The highest BCUT2D eigenvalue weighted by Crippen LogP contribution is 2.37. The molecule has 1 aromatic heterocycles. The molecule has 0 radical (unpaired) electrons. The number of aromatic nitrogens is 1. The van der Waals surface area contributed by atoms with Gasteiger partial charge in [-0.25, -0.2) is 4.79 Å². The van der Waals surface area contributed by atoms with Crippen molar-refractivity contribution in [2.24, 2.45) is 0 Å². The molecule has 1 aliphatic heterocycles. The number of ether oxygens (including phenoxy) is 1. The smallest absolute Gasteiger partial charge is 0.340 e. The number of methoxy groups -OCH3 is 1. The zero-order chi connectivity index (χ0) is 24.7. The van der Waals surface area contributed by atoms with Crippen molar-refractivity contribution in [1.29, 1.82) is 0 Å². The topological polar surface area (TPSA) is 51.5 Å². The summed E-state index contributed by atoms with van der Waals surface area (Å²) in [5.74, 6) is -0.844. The van der Waals surface area contributed by atoms with Gasteiger partial charge in [0.2, 0.25) is 0 Å². The maximum Gasteiger partial charge on any atom is 0.340 e. The predicted octanol–water partition coefficient (Wildman–Crippen LogP) is 6.24. The molecule has 0 saturated carbocycles. The van der Waals surface area contributed by atoms with E-state index in [0.29, 0.717) is 22.0 Å². The second-order valence-electron chi connectivity index (χ2n) is 8.58.